The average Bonchev–Trinajstić information content (AvgIpc) is 3.13. The van der Waals surface area contributed by atoms with Crippen LogP contribution in [-0.2, 0) is 19.5 Å². The molecule has 0 saturated heterocycles. The summed E-state index contributed by atoms with van der Waals surface area (Å²) in [6.45, 7) is 7.90. The van der Waals surface area contributed by atoms with Gasteiger partial charge in [0.05, 0.1) is 6.10 Å². The van der Waals surface area contributed by atoms with Gasteiger partial charge in [-0.3, -0.25) is 4.90 Å². The standard InChI is InChI=1S/C25H32N4O2/c1-18(2)15-29-12-10-20-13-22(7-8-24(20)29)27-25(31)26-14-23(30)17-28-11-9-19-5-3-4-6-21(19)16-28/h3-8,10,12-13,18,23,30H,9,11,14-17H2,1-2H3,(H2,26,27,31). The topological polar surface area (TPSA) is 69.5 Å². The van der Waals surface area contributed by atoms with Crippen LogP contribution in [0.2, 0.25) is 0 Å². The van der Waals surface area contributed by atoms with Gasteiger partial charge in [0.1, 0.15) is 0 Å². The van der Waals surface area contributed by atoms with Crippen molar-refractivity contribution in [3.05, 3.63) is 65.9 Å². The van der Waals surface area contributed by atoms with Crippen LogP contribution in [0, 0.1) is 5.92 Å². The summed E-state index contributed by atoms with van der Waals surface area (Å²) < 4.78 is 2.24. The van der Waals surface area contributed by atoms with Crippen LogP contribution in [0.5, 0.6) is 0 Å². The van der Waals surface area contributed by atoms with Gasteiger partial charge in [-0.05, 0) is 47.7 Å². The third kappa shape index (κ3) is 5.46. The number of fused-ring (bicyclic) bond motifs is 2. The zero-order chi connectivity index (χ0) is 21.8. The Balaban J connectivity index is 1.25. The number of urea groups is 1. The molecule has 0 saturated carbocycles. The number of β-amino-alcohol motifs (C(OH)–C–C–N with tert-alkyl or cyclic N) is 1. The Morgan fingerprint density at radius 1 is 1.10 bits per heavy atom. The van der Waals surface area contributed by atoms with E-state index >= 15 is 0 Å². The van der Waals surface area contributed by atoms with Crippen LogP contribution in [0.15, 0.2) is 54.7 Å². The number of aliphatic hydroxyl groups is 1. The molecule has 0 radical (unpaired) electrons. The molecule has 3 aromatic rings. The van der Waals surface area contributed by atoms with Crippen LogP contribution in [0.25, 0.3) is 10.9 Å². The van der Waals surface area contributed by atoms with E-state index in [0.717, 1.165) is 42.6 Å². The smallest absolute Gasteiger partial charge is 0.319 e. The number of nitrogens with zero attached hydrogens (tertiary/aromatic N) is 2. The molecule has 1 aliphatic heterocycles. The van der Waals surface area contributed by atoms with Crippen LogP contribution in [-0.4, -0.2) is 46.3 Å². The number of amides is 2. The van der Waals surface area contributed by atoms with Gasteiger partial charge in [-0.15, -0.1) is 0 Å². The lowest BCUT2D eigenvalue weighted by atomic mass is 10.00. The molecule has 3 N–H and O–H groups in total. The molecule has 2 aromatic carbocycles. The Kier molecular flexibility index (Phi) is 6.59. The number of carbonyl (C=O) groups is 1. The SMILES string of the molecule is CC(C)Cn1ccc2cc(NC(=O)NCC(O)CN3CCc4ccccc4C3)ccc21. The summed E-state index contributed by atoms with van der Waals surface area (Å²) in [6, 6.07) is 16.2. The van der Waals surface area contributed by atoms with Gasteiger partial charge >= 0.3 is 6.03 Å². The molecular formula is C25H32N4O2. The van der Waals surface area contributed by atoms with E-state index in [0.29, 0.717) is 12.5 Å². The zero-order valence-electron chi connectivity index (χ0n) is 18.3. The number of rotatable bonds is 7. The van der Waals surface area contributed by atoms with Crippen LogP contribution >= 0.6 is 0 Å². The lowest BCUT2D eigenvalue weighted by Gasteiger charge is -2.30. The highest BCUT2D eigenvalue weighted by molar-refractivity contribution is 5.92. The molecule has 1 unspecified atom stereocenters. The number of aliphatic hydroxyl groups excluding tert-OH is 1. The molecule has 164 valence electrons. The lowest BCUT2D eigenvalue weighted by molar-refractivity contribution is 0.106. The molecule has 1 aliphatic rings. The first-order chi connectivity index (χ1) is 15.0. The highest BCUT2D eigenvalue weighted by Crippen LogP contribution is 2.22. The fourth-order valence-electron chi connectivity index (χ4n) is 4.29. The molecule has 0 bridgehead atoms. The van der Waals surface area contributed by atoms with E-state index in [-0.39, 0.29) is 12.6 Å². The molecule has 1 atom stereocenters. The Labute approximate surface area is 183 Å². The van der Waals surface area contributed by atoms with Crippen molar-refractivity contribution in [2.45, 2.75) is 39.5 Å². The van der Waals surface area contributed by atoms with Gasteiger partial charge in [0.25, 0.3) is 0 Å². The number of anilines is 1. The summed E-state index contributed by atoms with van der Waals surface area (Å²) in [6.07, 6.45) is 2.48. The maximum atomic E-state index is 12.3. The lowest BCUT2D eigenvalue weighted by Crippen LogP contribution is -2.42. The van der Waals surface area contributed by atoms with Gasteiger partial charge in [-0.25, -0.2) is 4.79 Å². The van der Waals surface area contributed by atoms with Crippen molar-refractivity contribution in [1.82, 2.24) is 14.8 Å². The zero-order valence-corrected chi connectivity index (χ0v) is 18.3. The first-order valence-electron chi connectivity index (χ1n) is 11.1. The fourth-order valence-corrected chi connectivity index (χ4v) is 4.29. The van der Waals surface area contributed by atoms with Crippen molar-refractivity contribution in [2.24, 2.45) is 5.92 Å². The van der Waals surface area contributed by atoms with Crippen molar-refractivity contribution in [3.63, 3.8) is 0 Å². The van der Waals surface area contributed by atoms with E-state index in [1.165, 1.54) is 11.1 Å². The maximum Gasteiger partial charge on any atom is 0.319 e. The monoisotopic (exact) mass is 420 g/mol. The van der Waals surface area contributed by atoms with Crippen LogP contribution < -0.4 is 10.6 Å². The van der Waals surface area contributed by atoms with Crippen molar-refractivity contribution in [2.75, 3.05) is 25.0 Å². The Morgan fingerprint density at radius 2 is 1.90 bits per heavy atom. The van der Waals surface area contributed by atoms with Crippen LogP contribution in [0.3, 0.4) is 0 Å². The first-order valence-corrected chi connectivity index (χ1v) is 11.1. The second-order valence-electron chi connectivity index (χ2n) is 8.88. The van der Waals surface area contributed by atoms with Crippen molar-refractivity contribution < 1.29 is 9.90 Å². The highest BCUT2D eigenvalue weighted by Gasteiger charge is 2.18. The van der Waals surface area contributed by atoms with E-state index in [2.05, 4.69) is 70.5 Å². The first kappa shape index (κ1) is 21.4. The van der Waals surface area contributed by atoms with E-state index in [1.54, 1.807) is 0 Å². The predicted octanol–water partition coefficient (Wildman–Crippen LogP) is 3.84. The second-order valence-corrected chi connectivity index (χ2v) is 8.88. The Bertz CT molecular complexity index is 1040. The van der Waals surface area contributed by atoms with Gasteiger partial charge in [-0.2, -0.15) is 0 Å². The minimum absolute atomic E-state index is 0.219. The minimum Gasteiger partial charge on any atom is -0.390 e. The van der Waals surface area contributed by atoms with E-state index in [9.17, 15) is 9.90 Å². The molecule has 6 heteroatoms. The molecule has 2 amide bonds. The molecule has 2 heterocycles. The van der Waals surface area contributed by atoms with Crippen molar-refractivity contribution in [3.8, 4) is 0 Å². The number of aromatic nitrogens is 1. The van der Waals surface area contributed by atoms with Gasteiger partial charge in [-0.1, -0.05) is 38.1 Å². The van der Waals surface area contributed by atoms with Gasteiger partial charge in [0.15, 0.2) is 0 Å². The number of carbonyl (C=O) groups excluding carboxylic acids is 1. The molecule has 0 aliphatic carbocycles. The number of hydrogen-bond acceptors (Lipinski definition) is 3. The predicted molar refractivity (Wildman–Crippen MR) is 125 cm³/mol. The number of nitrogens with one attached hydrogen (secondary N) is 2. The third-order valence-corrected chi connectivity index (χ3v) is 5.77. The molecule has 4 rings (SSSR count). The Hall–Kier alpha value is -2.83. The average molecular weight is 421 g/mol. The second kappa shape index (κ2) is 9.54. The van der Waals surface area contributed by atoms with E-state index < -0.39 is 6.10 Å². The molecule has 1 aromatic heterocycles. The molecular weight excluding hydrogens is 388 g/mol. The largest absolute Gasteiger partial charge is 0.390 e. The van der Waals surface area contributed by atoms with Crippen molar-refractivity contribution >= 4 is 22.6 Å². The molecule has 6 nitrogen and oxygen atoms in total. The van der Waals surface area contributed by atoms with Crippen LogP contribution in [0.1, 0.15) is 25.0 Å². The number of benzene rings is 2. The summed E-state index contributed by atoms with van der Waals surface area (Å²) in [4.78, 5) is 14.5. The molecule has 0 spiro atoms. The van der Waals surface area contributed by atoms with Crippen LogP contribution in [0.4, 0.5) is 10.5 Å². The normalized spacial score (nSPS) is 15.1. The third-order valence-electron chi connectivity index (χ3n) is 5.77. The summed E-state index contributed by atoms with van der Waals surface area (Å²) >= 11 is 0. The van der Waals surface area contributed by atoms with Crippen molar-refractivity contribution in [1.29, 1.82) is 0 Å². The molecule has 31 heavy (non-hydrogen) atoms. The fraction of sp³-hybridized carbons (Fsp3) is 0.400. The molecule has 0 fully saturated rings. The van der Waals surface area contributed by atoms with Gasteiger partial charge < -0.3 is 20.3 Å². The van der Waals surface area contributed by atoms with Gasteiger partial charge in [0.2, 0.25) is 0 Å². The quantitative estimate of drug-likeness (QED) is 0.544. The van der Waals surface area contributed by atoms with E-state index in [4.69, 9.17) is 0 Å². The Morgan fingerprint density at radius 3 is 2.71 bits per heavy atom. The summed E-state index contributed by atoms with van der Waals surface area (Å²) in [7, 11) is 0. The van der Waals surface area contributed by atoms with E-state index in [1.807, 2.05) is 18.2 Å². The highest BCUT2D eigenvalue weighted by atomic mass is 16.3. The van der Waals surface area contributed by atoms with Gasteiger partial charge in [0, 0.05) is 55.5 Å². The summed E-state index contributed by atoms with van der Waals surface area (Å²) in [5, 5.41) is 17.2. The maximum absolute atomic E-state index is 12.3. The summed E-state index contributed by atoms with van der Waals surface area (Å²) in [5.74, 6) is 0.574. The summed E-state index contributed by atoms with van der Waals surface area (Å²) in [5.41, 5.74) is 4.62. The minimum atomic E-state index is -0.608. The number of hydrogen-bond donors (Lipinski definition) is 3.